The van der Waals surface area contributed by atoms with E-state index < -0.39 is 6.10 Å². The number of aliphatic hydroxyl groups excluding tert-OH is 1. The Labute approximate surface area is 93.1 Å². The van der Waals surface area contributed by atoms with Gasteiger partial charge in [0.25, 0.3) is 0 Å². The van der Waals surface area contributed by atoms with Gasteiger partial charge in [0.2, 0.25) is 5.91 Å². The summed E-state index contributed by atoms with van der Waals surface area (Å²) in [5, 5.41) is 12.2. The molecule has 1 aliphatic rings. The Kier molecular flexibility index (Phi) is 2.93. The van der Waals surface area contributed by atoms with Crippen LogP contribution in [0.5, 0.6) is 0 Å². The fourth-order valence-corrected chi connectivity index (χ4v) is 1.85. The van der Waals surface area contributed by atoms with Crippen molar-refractivity contribution in [1.29, 1.82) is 0 Å². The van der Waals surface area contributed by atoms with Crippen molar-refractivity contribution in [1.82, 2.24) is 0 Å². The number of nitrogens with one attached hydrogen (secondary N) is 1. The van der Waals surface area contributed by atoms with Crippen molar-refractivity contribution in [2.45, 2.75) is 18.9 Å². The summed E-state index contributed by atoms with van der Waals surface area (Å²) in [6, 6.07) is 5.72. The molecule has 15 heavy (non-hydrogen) atoms. The van der Waals surface area contributed by atoms with Crippen LogP contribution in [0.3, 0.4) is 0 Å². The molecule has 0 bridgehead atoms. The predicted molar refractivity (Wildman–Crippen MR) is 59.2 cm³/mol. The maximum Gasteiger partial charge on any atom is 0.228 e. The van der Waals surface area contributed by atoms with Crippen molar-refractivity contribution < 1.29 is 9.90 Å². The molecule has 1 aromatic rings. The molecule has 0 radical (unpaired) electrons. The summed E-state index contributed by atoms with van der Waals surface area (Å²) in [5.41, 5.74) is 2.89. The van der Waals surface area contributed by atoms with Crippen LogP contribution in [0.2, 0.25) is 0 Å². The van der Waals surface area contributed by atoms with Gasteiger partial charge in [-0.25, -0.2) is 0 Å². The van der Waals surface area contributed by atoms with E-state index in [-0.39, 0.29) is 11.8 Å². The van der Waals surface area contributed by atoms with E-state index in [0.717, 1.165) is 16.8 Å². The van der Waals surface area contributed by atoms with Gasteiger partial charge >= 0.3 is 0 Å². The van der Waals surface area contributed by atoms with Gasteiger partial charge in [-0.1, -0.05) is 12.1 Å². The number of carbonyl (C=O) groups excluding carboxylic acids is 1. The van der Waals surface area contributed by atoms with E-state index >= 15 is 0 Å². The number of halogens is 1. The van der Waals surface area contributed by atoms with Gasteiger partial charge in [-0.15, -0.1) is 11.6 Å². The largest absolute Gasteiger partial charge is 0.392 e. The zero-order valence-corrected chi connectivity index (χ0v) is 8.92. The van der Waals surface area contributed by atoms with Crippen LogP contribution >= 0.6 is 11.6 Å². The number of amides is 1. The van der Waals surface area contributed by atoms with Crippen LogP contribution in [0.25, 0.3) is 0 Å². The average molecular weight is 226 g/mol. The molecule has 2 N–H and O–H groups in total. The number of benzene rings is 1. The monoisotopic (exact) mass is 225 g/mol. The Bertz CT molecular complexity index is 392. The highest BCUT2D eigenvalue weighted by Crippen LogP contribution is 2.24. The SMILES string of the molecule is O=C1Cc2cc(CC(O)CCl)ccc2N1. The fraction of sp³-hybridized carbons (Fsp3) is 0.364. The molecule has 0 saturated carbocycles. The first-order valence-corrected chi connectivity index (χ1v) is 5.38. The first kappa shape index (κ1) is 10.5. The molecule has 3 nitrogen and oxygen atoms in total. The topological polar surface area (TPSA) is 49.3 Å². The highest BCUT2D eigenvalue weighted by atomic mass is 35.5. The van der Waals surface area contributed by atoms with Crippen molar-refractivity contribution in [2.24, 2.45) is 0 Å². The highest BCUT2D eigenvalue weighted by molar-refractivity contribution is 6.18. The number of hydrogen-bond acceptors (Lipinski definition) is 2. The first-order valence-electron chi connectivity index (χ1n) is 4.84. The average Bonchev–Trinajstić information content (AvgIpc) is 2.57. The predicted octanol–water partition coefficient (Wildman–Crippen LogP) is 1.32. The summed E-state index contributed by atoms with van der Waals surface area (Å²) >= 11 is 5.53. The lowest BCUT2D eigenvalue weighted by Gasteiger charge is -2.07. The zero-order valence-electron chi connectivity index (χ0n) is 8.16. The lowest BCUT2D eigenvalue weighted by molar-refractivity contribution is -0.115. The van der Waals surface area contributed by atoms with Gasteiger partial charge in [-0.05, 0) is 23.6 Å². The molecular weight excluding hydrogens is 214 g/mol. The second-order valence-electron chi connectivity index (χ2n) is 3.73. The second-order valence-corrected chi connectivity index (χ2v) is 4.04. The Hall–Kier alpha value is -1.06. The van der Waals surface area contributed by atoms with E-state index in [1.807, 2.05) is 18.2 Å². The van der Waals surface area contributed by atoms with E-state index in [1.165, 1.54) is 0 Å². The van der Waals surface area contributed by atoms with Crippen molar-refractivity contribution in [3.8, 4) is 0 Å². The highest BCUT2D eigenvalue weighted by Gasteiger charge is 2.17. The number of carbonyl (C=O) groups is 1. The minimum absolute atomic E-state index is 0.0278. The standard InChI is InChI=1S/C11H12ClNO2/c12-6-9(14)4-7-1-2-10-8(3-7)5-11(15)13-10/h1-3,9,14H,4-6H2,(H,13,15). The first-order chi connectivity index (χ1) is 7.19. The molecule has 1 amide bonds. The molecule has 1 atom stereocenters. The number of rotatable bonds is 3. The minimum Gasteiger partial charge on any atom is -0.392 e. The van der Waals surface area contributed by atoms with Crippen LogP contribution in [0.1, 0.15) is 11.1 Å². The number of alkyl halides is 1. The lowest BCUT2D eigenvalue weighted by atomic mass is 10.0. The number of hydrogen-bond donors (Lipinski definition) is 2. The maximum atomic E-state index is 11.1. The van der Waals surface area contributed by atoms with Crippen molar-refractivity contribution in [3.63, 3.8) is 0 Å². The fourth-order valence-electron chi connectivity index (χ4n) is 1.74. The third-order valence-electron chi connectivity index (χ3n) is 2.44. The molecule has 4 heteroatoms. The van der Waals surface area contributed by atoms with Gasteiger partial charge in [0.1, 0.15) is 0 Å². The van der Waals surface area contributed by atoms with Crippen molar-refractivity contribution >= 4 is 23.2 Å². The Morgan fingerprint density at radius 3 is 3.07 bits per heavy atom. The third kappa shape index (κ3) is 2.30. The Balaban J connectivity index is 2.16. The van der Waals surface area contributed by atoms with Crippen LogP contribution in [0, 0.1) is 0 Å². The van der Waals surface area contributed by atoms with Gasteiger partial charge in [0.05, 0.1) is 12.5 Å². The summed E-state index contributed by atoms with van der Waals surface area (Å²) in [6.45, 7) is 0. The normalized spacial score (nSPS) is 16.0. The number of fused-ring (bicyclic) bond motifs is 1. The molecule has 1 aromatic carbocycles. The van der Waals surface area contributed by atoms with Crippen LogP contribution in [0.4, 0.5) is 5.69 Å². The molecule has 1 unspecified atom stereocenters. The summed E-state index contributed by atoms with van der Waals surface area (Å²) in [6.07, 6.45) is 0.445. The molecule has 1 heterocycles. The molecule has 0 spiro atoms. The summed E-state index contributed by atoms with van der Waals surface area (Å²) in [5.74, 6) is 0.258. The molecule has 0 fully saturated rings. The summed E-state index contributed by atoms with van der Waals surface area (Å²) < 4.78 is 0. The minimum atomic E-state index is -0.519. The van der Waals surface area contributed by atoms with Gasteiger partial charge in [0.15, 0.2) is 0 Å². The number of anilines is 1. The molecule has 2 rings (SSSR count). The summed E-state index contributed by atoms with van der Waals surface area (Å²) in [4.78, 5) is 11.1. The molecule has 0 aromatic heterocycles. The zero-order chi connectivity index (χ0) is 10.8. The van der Waals surface area contributed by atoms with Crippen LogP contribution in [-0.2, 0) is 17.6 Å². The van der Waals surface area contributed by atoms with Crippen molar-refractivity contribution in [3.05, 3.63) is 29.3 Å². The van der Waals surface area contributed by atoms with Gasteiger partial charge < -0.3 is 10.4 Å². The lowest BCUT2D eigenvalue weighted by Crippen LogP contribution is -2.11. The molecule has 0 aliphatic carbocycles. The van der Waals surface area contributed by atoms with E-state index in [1.54, 1.807) is 0 Å². The third-order valence-corrected chi connectivity index (χ3v) is 2.80. The van der Waals surface area contributed by atoms with Crippen LogP contribution in [0.15, 0.2) is 18.2 Å². The maximum absolute atomic E-state index is 11.1. The van der Waals surface area contributed by atoms with Gasteiger partial charge in [0, 0.05) is 11.6 Å². The van der Waals surface area contributed by atoms with E-state index in [0.29, 0.717) is 12.8 Å². The Morgan fingerprint density at radius 1 is 1.53 bits per heavy atom. The quantitative estimate of drug-likeness (QED) is 0.763. The smallest absolute Gasteiger partial charge is 0.228 e. The second kappa shape index (κ2) is 4.21. The van der Waals surface area contributed by atoms with Gasteiger partial charge in [-0.3, -0.25) is 4.79 Å². The summed E-state index contributed by atoms with van der Waals surface area (Å²) in [7, 11) is 0. The molecule has 80 valence electrons. The van der Waals surface area contributed by atoms with E-state index in [9.17, 15) is 9.90 Å². The van der Waals surface area contributed by atoms with Crippen molar-refractivity contribution in [2.75, 3.05) is 11.2 Å². The van der Waals surface area contributed by atoms with Crippen LogP contribution < -0.4 is 5.32 Å². The van der Waals surface area contributed by atoms with E-state index in [2.05, 4.69) is 5.32 Å². The van der Waals surface area contributed by atoms with Crippen LogP contribution in [-0.4, -0.2) is 23.0 Å². The van der Waals surface area contributed by atoms with Gasteiger partial charge in [-0.2, -0.15) is 0 Å². The molecule has 0 saturated heterocycles. The van der Waals surface area contributed by atoms with E-state index in [4.69, 9.17) is 11.6 Å². The molecule has 1 aliphatic heterocycles. The molecular formula is C11H12ClNO2. The number of aliphatic hydroxyl groups is 1. The Morgan fingerprint density at radius 2 is 2.33 bits per heavy atom.